The fourth-order valence-electron chi connectivity index (χ4n) is 2.20. The standard InChI is InChI=1S/C14H18NO3P/c1-19(2,18)10-6-5-9-15-13(16)11-7-3-4-8-12(11)14(15)17/h3-4,7-8H,5-6,9-10H2,1-2H3. The van der Waals surface area contributed by atoms with Crippen LogP contribution >= 0.6 is 7.14 Å². The average molecular weight is 279 g/mol. The summed E-state index contributed by atoms with van der Waals surface area (Å²) in [6.07, 6.45) is 2.14. The summed E-state index contributed by atoms with van der Waals surface area (Å²) in [7, 11) is -2.00. The molecule has 4 nitrogen and oxygen atoms in total. The van der Waals surface area contributed by atoms with Crippen LogP contribution in [-0.4, -0.2) is 42.8 Å². The highest BCUT2D eigenvalue weighted by Gasteiger charge is 2.34. The summed E-state index contributed by atoms with van der Waals surface area (Å²) in [5.74, 6) is -0.423. The van der Waals surface area contributed by atoms with E-state index in [1.807, 2.05) is 0 Å². The summed E-state index contributed by atoms with van der Waals surface area (Å²) in [6, 6.07) is 6.89. The topological polar surface area (TPSA) is 54.5 Å². The van der Waals surface area contributed by atoms with Gasteiger partial charge >= 0.3 is 0 Å². The van der Waals surface area contributed by atoms with Crippen LogP contribution in [0.1, 0.15) is 33.6 Å². The van der Waals surface area contributed by atoms with Gasteiger partial charge in [-0.3, -0.25) is 14.5 Å². The average Bonchev–Trinajstić information content (AvgIpc) is 2.58. The van der Waals surface area contributed by atoms with Crippen molar-refractivity contribution in [3.8, 4) is 0 Å². The number of hydrogen-bond donors (Lipinski definition) is 0. The van der Waals surface area contributed by atoms with Crippen molar-refractivity contribution < 1.29 is 14.2 Å². The van der Waals surface area contributed by atoms with Gasteiger partial charge in [0, 0.05) is 12.7 Å². The number of unbranched alkanes of at least 4 members (excludes halogenated alkanes) is 1. The van der Waals surface area contributed by atoms with E-state index in [2.05, 4.69) is 0 Å². The Labute approximate surface area is 113 Å². The first-order valence-corrected chi connectivity index (χ1v) is 9.18. The summed E-state index contributed by atoms with van der Waals surface area (Å²) in [6.45, 7) is 3.93. The van der Waals surface area contributed by atoms with Gasteiger partial charge in [-0.1, -0.05) is 12.1 Å². The summed E-state index contributed by atoms with van der Waals surface area (Å²) < 4.78 is 11.6. The summed E-state index contributed by atoms with van der Waals surface area (Å²) in [5.41, 5.74) is 0.980. The Balaban J connectivity index is 1.95. The number of imide groups is 1. The molecule has 1 aliphatic rings. The SMILES string of the molecule is CP(C)(=O)CCCCN1C(=O)c2ccccc2C1=O. The van der Waals surface area contributed by atoms with E-state index in [0.717, 1.165) is 6.42 Å². The Bertz CT molecular complexity index is 527. The maximum absolute atomic E-state index is 12.0. The number of rotatable bonds is 5. The van der Waals surface area contributed by atoms with Gasteiger partial charge in [-0.25, -0.2) is 0 Å². The van der Waals surface area contributed by atoms with E-state index >= 15 is 0 Å². The molecule has 0 bridgehead atoms. The van der Waals surface area contributed by atoms with Gasteiger partial charge in [-0.2, -0.15) is 0 Å². The van der Waals surface area contributed by atoms with Crippen molar-refractivity contribution >= 4 is 19.0 Å². The van der Waals surface area contributed by atoms with Crippen molar-refractivity contribution in [2.45, 2.75) is 12.8 Å². The van der Waals surface area contributed by atoms with E-state index in [1.54, 1.807) is 37.6 Å². The molecule has 2 amide bonds. The van der Waals surface area contributed by atoms with E-state index in [-0.39, 0.29) is 11.8 Å². The summed E-state index contributed by atoms with van der Waals surface area (Å²) >= 11 is 0. The number of benzene rings is 1. The van der Waals surface area contributed by atoms with E-state index < -0.39 is 7.14 Å². The molecule has 0 atom stereocenters. The van der Waals surface area contributed by atoms with Crippen molar-refractivity contribution in [3.05, 3.63) is 35.4 Å². The zero-order valence-corrected chi connectivity index (χ0v) is 12.2. The molecule has 1 aliphatic heterocycles. The third-order valence-electron chi connectivity index (χ3n) is 3.21. The van der Waals surface area contributed by atoms with Crippen LogP contribution in [-0.2, 0) is 4.57 Å². The molecule has 1 aromatic rings. The lowest BCUT2D eigenvalue weighted by Crippen LogP contribution is -2.30. The molecule has 1 heterocycles. The lowest BCUT2D eigenvalue weighted by atomic mass is 10.1. The lowest BCUT2D eigenvalue weighted by Gasteiger charge is -2.14. The molecule has 0 spiro atoms. The van der Waals surface area contributed by atoms with Gasteiger partial charge < -0.3 is 4.57 Å². The predicted molar refractivity (Wildman–Crippen MR) is 75.4 cm³/mol. The number of amides is 2. The number of carbonyl (C=O) groups is 2. The first-order valence-electron chi connectivity index (χ1n) is 6.39. The van der Waals surface area contributed by atoms with Crippen LogP contribution in [0.2, 0.25) is 0 Å². The molecule has 0 radical (unpaired) electrons. The van der Waals surface area contributed by atoms with Crippen LogP contribution in [0.5, 0.6) is 0 Å². The van der Waals surface area contributed by atoms with Gasteiger partial charge in [0.2, 0.25) is 0 Å². The highest BCUT2D eigenvalue weighted by Crippen LogP contribution is 2.36. The van der Waals surface area contributed by atoms with Crippen LogP contribution in [0.15, 0.2) is 24.3 Å². The zero-order valence-electron chi connectivity index (χ0n) is 11.3. The van der Waals surface area contributed by atoms with Crippen molar-refractivity contribution in [1.29, 1.82) is 0 Å². The monoisotopic (exact) mass is 279 g/mol. The van der Waals surface area contributed by atoms with Crippen molar-refractivity contribution in [1.82, 2.24) is 4.90 Å². The molecule has 19 heavy (non-hydrogen) atoms. The molecular weight excluding hydrogens is 261 g/mol. The summed E-state index contributed by atoms with van der Waals surface area (Å²) in [5, 5.41) is 0. The Morgan fingerprint density at radius 3 is 2.00 bits per heavy atom. The van der Waals surface area contributed by atoms with Crippen molar-refractivity contribution in [3.63, 3.8) is 0 Å². The number of carbonyl (C=O) groups excluding carboxylic acids is 2. The molecule has 0 unspecified atom stereocenters. The Morgan fingerprint density at radius 1 is 1.00 bits per heavy atom. The highest BCUT2D eigenvalue weighted by atomic mass is 31.2. The van der Waals surface area contributed by atoms with Gasteiger partial charge in [0.05, 0.1) is 18.3 Å². The highest BCUT2D eigenvalue weighted by molar-refractivity contribution is 7.62. The molecule has 0 N–H and O–H groups in total. The first-order chi connectivity index (χ1) is 8.90. The van der Waals surface area contributed by atoms with Gasteiger partial charge in [-0.05, 0) is 38.3 Å². The third-order valence-corrected chi connectivity index (χ3v) is 4.60. The van der Waals surface area contributed by atoms with E-state index in [0.29, 0.717) is 30.3 Å². The first kappa shape index (κ1) is 14.0. The van der Waals surface area contributed by atoms with E-state index in [9.17, 15) is 14.2 Å². The van der Waals surface area contributed by atoms with Crippen LogP contribution in [0.3, 0.4) is 0 Å². The fraction of sp³-hybridized carbons (Fsp3) is 0.429. The smallest absolute Gasteiger partial charge is 0.261 e. The van der Waals surface area contributed by atoms with Gasteiger partial charge in [0.15, 0.2) is 0 Å². The molecule has 0 fully saturated rings. The molecule has 0 aromatic heterocycles. The minimum Gasteiger partial charge on any atom is -0.324 e. The predicted octanol–water partition coefficient (Wildman–Crippen LogP) is 2.69. The third kappa shape index (κ3) is 3.13. The number of hydrogen-bond acceptors (Lipinski definition) is 3. The fourth-order valence-corrected chi connectivity index (χ4v) is 3.19. The molecule has 0 aliphatic carbocycles. The van der Waals surface area contributed by atoms with Crippen LogP contribution in [0.4, 0.5) is 0 Å². The molecule has 2 rings (SSSR count). The van der Waals surface area contributed by atoms with Crippen LogP contribution < -0.4 is 0 Å². The number of nitrogens with zero attached hydrogens (tertiary/aromatic N) is 1. The Morgan fingerprint density at radius 2 is 1.53 bits per heavy atom. The zero-order chi connectivity index (χ0) is 14.0. The normalized spacial score (nSPS) is 14.9. The molecule has 0 saturated heterocycles. The maximum atomic E-state index is 12.0. The molecule has 1 aromatic carbocycles. The van der Waals surface area contributed by atoms with Crippen LogP contribution in [0.25, 0.3) is 0 Å². The van der Waals surface area contributed by atoms with E-state index in [4.69, 9.17) is 0 Å². The van der Waals surface area contributed by atoms with Gasteiger partial charge in [0.1, 0.15) is 0 Å². The second-order valence-corrected chi connectivity index (χ2v) is 8.91. The largest absolute Gasteiger partial charge is 0.324 e. The molecule has 5 heteroatoms. The second-order valence-electron chi connectivity index (χ2n) is 5.31. The number of fused-ring (bicyclic) bond motifs is 1. The van der Waals surface area contributed by atoms with Gasteiger partial charge in [0.25, 0.3) is 11.8 Å². The van der Waals surface area contributed by atoms with Crippen LogP contribution in [0, 0.1) is 0 Å². The lowest BCUT2D eigenvalue weighted by molar-refractivity contribution is 0.0652. The van der Waals surface area contributed by atoms with Crippen molar-refractivity contribution in [2.24, 2.45) is 0 Å². The molecule has 102 valence electrons. The molecule has 0 saturated carbocycles. The van der Waals surface area contributed by atoms with Crippen molar-refractivity contribution in [2.75, 3.05) is 26.0 Å². The van der Waals surface area contributed by atoms with E-state index in [1.165, 1.54) is 4.90 Å². The second kappa shape index (κ2) is 5.30. The molecular formula is C14H18NO3P. The Hall–Kier alpha value is -1.41. The van der Waals surface area contributed by atoms with Gasteiger partial charge in [-0.15, -0.1) is 0 Å². The quantitative estimate of drug-likeness (QED) is 0.473. The maximum Gasteiger partial charge on any atom is 0.261 e. The minimum atomic E-state index is -2.00. The Kier molecular flexibility index (Phi) is 3.91. The summed E-state index contributed by atoms with van der Waals surface area (Å²) in [4.78, 5) is 25.4. The minimum absolute atomic E-state index is 0.211.